The molecule has 8 heteroatoms. The monoisotopic (exact) mass is 322 g/mol. The predicted octanol–water partition coefficient (Wildman–Crippen LogP) is 2.02. The Bertz CT molecular complexity index is 616. The van der Waals surface area contributed by atoms with Crippen LogP contribution in [0.25, 0.3) is 0 Å². The van der Waals surface area contributed by atoms with Gasteiger partial charge in [-0.25, -0.2) is 0 Å². The summed E-state index contributed by atoms with van der Waals surface area (Å²) in [6, 6.07) is 6.84. The molecule has 2 amide bonds. The van der Waals surface area contributed by atoms with E-state index < -0.39 is 0 Å². The Kier molecular flexibility index (Phi) is 5.70. The molecule has 0 atom stereocenters. The Balaban J connectivity index is 1.91. The normalized spacial score (nSPS) is 10.1. The fourth-order valence-electron chi connectivity index (χ4n) is 1.55. The fourth-order valence-corrected chi connectivity index (χ4v) is 2.84. The van der Waals surface area contributed by atoms with Gasteiger partial charge in [0.15, 0.2) is 4.34 Å². The number of nitrogens with zero attached hydrogens (tertiary/aromatic N) is 2. The van der Waals surface area contributed by atoms with Crippen molar-refractivity contribution in [1.82, 2.24) is 15.5 Å². The maximum atomic E-state index is 11.8. The molecule has 2 aromatic rings. The summed E-state index contributed by atoms with van der Waals surface area (Å²) in [5.74, 6) is -0.0549. The van der Waals surface area contributed by atoms with Gasteiger partial charge in [-0.05, 0) is 25.1 Å². The molecule has 110 valence electrons. The van der Waals surface area contributed by atoms with E-state index in [1.54, 1.807) is 29.8 Å². The summed E-state index contributed by atoms with van der Waals surface area (Å²) in [6.45, 7) is 2.42. The number of benzene rings is 1. The lowest BCUT2D eigenvalue weighted by atomic mass is 10.2. The minimum atomic E-state index is -0.156. The molecule has 0 fully saturated rings. The zero-order valence-corrected chi connectivity index (χ0v) is 13.0. The van der Waals surface area contributed by atoms with Crippen LogP contribution in [0.2, 0.25) is 0 Å². The van der Waals surface area contributed by atoms with Gasteiger partial charge in [0.1, 0.15) is 5.51 Å². The first-order valence-electron chi connectivity index (χ1n) is 6.26. The van der Waals surface area contributed by atoms with Crippen LogP contribution in [0.15, 0.2) is 34.1 Å². The molecule has 0 saturated heterocycles. The molecule has 21 heavy (non-hydrogen) atoms. The summed E-state index contributed by atoms with van der Waals surface area (Å²) < 4.78 is 0.751. The molecule has 1 heterocycles. The second kappa shape index (κ2) is 7.75. The summed E-state index contributed by atoms with van der Waals surface area (Å²) in [6.07, 6.45) is 0. The molecule has 0 aliphatic rings. The molecule has 2 N–H and O–H groups in total. The lowest BCUT2D eigenvalue weighted by Crippen LogP contribution is -2.23. The van der Waals surface area contributed by atoms with Gasteiger partial charge in [0.2, 0.25) is 5.91 Å². The van der Waals surface area contributed by atoms with Crippen LogP contribution >= 0.6 is 23.1 Å². The van der Waals surface area contributed by atoms with E-state index in [2.05, 4.69) is 20.8 Å². The highest BCUT2D eigenvalue weighted by atomic mass is 32.2. The summed E-state index contributed by atoms with van der Waals surface area (Å²) in [4.78, 5) is 23.6. The third kappa shape index (κ3) is 4.83. The van der Waals surface area contributed by atoms with E-state index in [9.17, 15) is 9.59 Å². The molecule has 1 aromatic heterocycles. The maximum Gasteiger partial charge on any atom is 0.251 e. The molecule has 0 aliphatic heterocycles. The van der Waals surface area contributed by atoms with Crippen molar-refractivity contribution < 1.29 is 9.59 Å². The summed E-state index contributed by atoms with van der Waals surface area (Å²) in [5, 5.41) is 13.0. The molecule has 0 radical (unpaired) electrons. The van der Waals surface area contributed by atoms with Crippen LogP contribution in [0.5, 0.6) is 0 Å². The number of hydrogen-bond acceptors (Lipinski definition) is 6. The Labute approximate surface area is 130 Å². The number of thioether (sulfide) groups is 1. The van der Waals surface area contributed by atoms with Crippen molar-refractivity contribution >= 4 is 40.6 Å². The largest absolute Gasteiger partial charge is 0.352 e. The standard InChI is InChI=1S/C13H14N4O2S2/c1-2-14-12(19)9-4-3-5-10(6-9)16-11(18)7-20-13-17-15-8-21-13/h3-6,8H,2,7H2,1H3,(H,14,19)(H,16,18). The highest BCUT2D eigenvalue weighted by molar-refractivity contribution is 8.01. The van der Waals surface area contributed by atoms with E-state index in [-0.39, 0.29) is 17.6 Å². The summed E-state index contributed by atoms with van der Waals surface area (Å²) in [5.41, 5.74) is 2.74. The number of hydrogen-bond donors (Lipinski definition) is 2. The molecule has 0 spiro atoms. The molecule has 0 aliphatic carbocycles. The van der Waals surface area contributed by atoms with Crippen LogP contribution < -0.4 is 10.6 Å². The number of aromatic nitrogens is 2. The third-order valence-electron chi connectivity index (χ3n) is 2.41. The number of carbonyl (C=O) groups is 2. The van der Waals surface area contributed by atoms with E-state index in [4.69, 9.17) is 0 Å². The number of nitrogens with one attached hydrogen (secondary N) is 2. The van der Waals surface area contributed by atoms with Gasteiger partial charge in [0.25, 0.3) is 5.91 Å². The second-order valence-electron chi connectivity index (χ2n) is 3.98. The van der Waals surface area contributed by atoms with Crippen LogP contribution in [0.4, 0.5) is 5.69 Å². The van der Waals surface area contributed by atoms with Crippen molar-refractivity contribution in [2.24, 2.45) is 0 Å². The maximum absolute atomic E-state index is 11.8. The van der Waals surface area contributed by atoms with E-state index >= 15 is 0 Å². The molecule has 0 saturated carbocycles. The minimum absolute atomic E-state index is 0.150. The first-order chi connectivity index (χ1) is 10.2. The molecule has 0 bridgehead atoms. The Morgan fingerprint density at radius 3 is 2.95 bits per heavy atom. The van der Waals surface area contributed by atoms with Crippen LogP contribution in [0.3, 0.4) is 0 Å². The molecule has 0 unspecified atom stereocenters. The summed E-state index contributed by atoms with van der Waals surface area (Å²) in [7, 11) is 0. The van der Waals surface area contributed by atoms with E-state index in [0.717, 1.165) is 4.34 Å². The highest BCUT2D eigenvalue weighted by Crippen LogP contribution is 2.19. The molecular formula is C13H14N4O2S2. The smallest absolute Gasteiger partial charge is 0.251 e. The van der Waals surface area contributed by atoms with E-state index in [1.807, 2.05) is 6.92 Å². The van der Waals surface area contributed by atoms with Gasteiger partial charge in [0.05, 0.1) is 5.75 Å². The number of rotatable bonds is 6. The first kappa shape index (κ1) is 15.5. The Morgan fingerprint density at radius 2 is 2.24 bits per heavy atom. The van der Waals surface area contributed by atoms with Crippen molar-refractivity contribution in [1.29, 1.82) is 0 Å². The van der Waals surface area contributed by atoms with Gasteiger partial charge >= 0.3 is 0 Å². The third-order valence-corrected chi connectivity index (χ3v) is 4.27. The van der Waals surface area contributed by atoms with Gasteiger partial charge in [0, 0.05) is 17.8 Å². The molecule has 6 nitrogen and oxygen atoms in total. The zero-order valence-electron chi connectivity index (χ0n) is 11.3. The number of carbonyl (C=O) groups excluding carboxylic acids is 2. The van der Waals surface area contributed by atoms with Crippen LogP contribution in [0, 0.1) is 0 Å². The van der Waals surface area contributed by atoms with Crippen LogP contribution in [-0.4, -0.2) is 34.3 Å². The van der Waals surface area contributed by atoms with E-state index in [1.165, 1.54) is 23.1 Å². The molecule has 2 rings (SSSR count). The highest BCUT2D eigenvalue weighted by Gasteiger charge is 2.08. The number of anilines is 1. The van der Waals surface area contributed by atoms with E-state index in [0.29, 0.717) is 17.8 Å². The summed E-state index contributed by atoms with van der Waals surface area (Å²) >= 11 is 2.72. The van der Waals surface area contributed by atoms with Gasteiger partial charge in [-0.3, -0.25) is 9.59 Å². The Morgan fingerprint density at radius 1 is 1.38 bits per heavy atom. The van der Waals surface area contributed by atoms with Gasteiger partial charge in [-0.2, -0.15) is 0 Å². The van der Waals surface area contributed by atoms with Crippen molar-refractivity contribution in [3.63, 3.8) is 0 Å². The topological polar surface area (TPSA) is 84.0 Å². The van der Waals surface area contributed by atoms with Crippen LogP contribution in [-0.2, 0) is 4.79 Å². The molecular weight excluding hydrogens is 308 g/mol. The fraction of sp³-hybridized carbons (Fsp3) is 0.231. The first-order valence-corrected chi connectivity index (χ1v) is 8.12. The lowest BCUT2D eigenvalue weighted by molar-refractivity contribution is -0.113. The van der Waals surface area contributed by atoms with Crippen LogP contribution in [0.1, 0.15) is 17.3 Å². The number of amides is 2. The average Bonchev–Trinajstić information content (AvgIpc) is 2.99. The predicted molar refractivity (Wildman–Crippen MR) is 83.7 cm³/mol. The quantitative estimate of drug-likeness (QED) is 0.795. The van der Waals surface area contributed by atoms with Crippen molar-refractivity contribution in [2.75, 3.05) is 17.6 Å². The van der Waals surface area contributed by atoms with Gasteiger partial charge in [-0.15, -0.1) is 10.2 Å². The van der Waals surface area contributed by atoms with Crippen molar-refractivity contribution in [3.05, 3.63) is 35.3 Å². The van der Waals surface area contributed by atoms with Gasteiger partial charge in [-0.1, -0.05) is 29.2 Å². The Hall–Kier alpha value is -1.93. The lowest BCUT2D eigenvalue weighted by Gasteiger charge is -2.07. The SMILES string of the molecule is CCNC(=O)c1cccc(NC(=O)CSc2nncs2)c1. The zero-order chi connectivity index (χ0) is 15.1. The average molecular weight is 322 g/mol. The van der Waals surface area contributed by atoms with Gasteiger partial charge < -0.3 is 10.6 Å². The van der Waals surface area contributed by atoms with Crippen molar-refractivity contribution in [3.8, 4) is 0 Å². The minimum Gasteiger partial charge on any atom is -0.352 e. The second-order valence-corrected chi connectivity index (χ2v) is 6.04. The molecule has 1 aromatic carbocycles. The van der Waals surface area contributed by atoms with Crippen molar-refractivity contribution in [2.45, 2.75) is 11.3 Å².